The number of cyclic esters (lactones) is 1. The van der Waals surface area contributed by atoms with Gasteiger partial charge in [0.05, 0.1) is 19.9 Å². The SMILES string of the molecule is CCC1OC(=O)N(Cc2ccc(NC(=O)c3cnccn3)cc2)N=C1c1ccc(OC)c(O)c1. The van der Waals surface area contributed by atoms with Crippen LogP contribution >= 0.6 is 0 Å². The number of nitrogens with one attached hydrogen (secondary N) is 1. The van der Waals surface area contributed by atoms with Gasteiger partial charge in [-0.2, -0.15) is 10.1 Å². The second-order valence-corrected chi connectivity index (χ2v) is 7.45. The van der Waals surface area contributed by atoms with E-state index in [1.165, 1.54) is 36.8 Å². The van der Waals surface area contributed by atoms with Crippen LogP contribution in [0.5, 0.6) is 11.5 Å². The summed E-state index contributed by atoms with van der Waals surface area (Å²) in [6.45, 7) is 2.06. The largest absolute Gasteiger partial charge is 0.504 e. The third-order valence-corrected chi connectivity index (χ3v) is 5.17. The molecule has 1 unspecified atom stereocenters. The van der Waals surface area contributed by atoms with Crippen molar-refractivity contribution < 1.29 is 24.2 Å². The molecule has 2 heterocycles. The summed E-state index contributed by atoms with van der Waals surface area (Å²) in [6.07, 6.45) is 3.76. The molecule has 0 spiro atoms. The van der Waals surface area contributed by atoms with Crippen molar-refractivity contribution in [2.45, 2.75) is 26.0 Å². The van der Waals surface area contributed by atoms with Gasteiger partial charge in [0.1, 0.15) is 17.5 Å². The van der Waals surface area contributed by atoms with E-state index in [-0.39, 0.29) is 23.9 Å². The van der Waals surface area contributed by atoms with E-state index in [0.717, 1.165) is 5.56 Å². The number of amides is 2. The summed E-state index contributed by atoms with van der Waals surface area (Å²) in [4.78, 5) is 32.6. The lowest BCUT2D eigenvalue weighted by Gasteiger charge is -2.29. The molecular formula is C24H23N5O5. The van der Waals surface area contributed by atoms with Crippen molar-refractivity contribution in [1.82, 2.24) is 15.0 Å². The van der Waals surface area contributed by atoms with Crippen LogP contribution in [0.3, 0.4) is 0 Å². The van der Waals surface area contributed by atoms with Crippen molar-refractivity contribution in [3.05, 3.63) is 77.9 Å². The van der Waals surface area contributed by atoms with E-state index in [2.05, 4.69) is 20.4 Å². The molecular weight excluding hydrogens is 438 g/mol. The molecule has 0 bridgehead atoms. The molecule has 34 heavy (non-hydrogen) atoms. The summed E-state index contributed by atoms with van der Waals surface area (Å²) in [5.74, 6) is -0.0586. The molecule has 1 aliphatic heterocycles. The van der Waals surface area contributed by atoms with E-state index in [4.69, 9.17) is 9.47 Å². The van der Waals surface area contributed by atoms with Gasteiger partial charge in [-0.25, -0.2) is 9.78 Å². The third-order valence-electron chi connectivity index (χ3n) is 5.17. The molecule has 0 aliphatic carbocycles. The Balaban J connectivity index is 1.51. The monoisotopic (exact) mass is 461 g/mol. The second kappa shape index (κ2) is 9.99. The van der Waals surface area contributed by atoms with Crippen LogP contribution in [-0.2, 0) is 11.3 Å². The van der Waals surface area contributed by atoms with Gasteiger partial charge < -0.3 is 19.9 Å². The predicted molar refractivity (Wildman–Crippen MR) is 124 cm³/mol. The summed E-state index contributed by atoms with van der Waals surface area (Å²) in [7, 11) is 1.47. The third kappa shape index (κ3) is 4.96. The summed E-state index contributed by atoms with van der Waals surface area (Å²) in [6, 6.07) is 11.9. The minimum absolute atomic E-state index is 0.0277. The van der Waals surface area contributed by atoms with Crippen molar-refractivity contribution in [1.29, 1.82) is 0 Å². The van der Waals surface area contributed by atoms with Crippen molar-refractivity contribution >= 4 is 23.4 Å². The van der Waals surface area contributed by atoms with Crippen LogP contribution in [-0.4, -0.2) is 51.0 Å². The maximum atomic E-state index is 12.5. The van der Waals surface area contributed by atoms with Crippen LogP contribution in [0, 0.1) is 0 Å². The topological polar surface area (TPSA) is 126 Å². The molecule has 2 amide bonds. The molecule has 10 heteroatoms. The number of nitrogens with zero attached hydrogens (tertiary/aromatic N) is 4. The smallest absolute Gasteiger partial charge is 0.431 e. The number of hydrogen-bond donors (Lipinski definition) is 2. The lowest BCUT2D eigenvalue weighted by Crippen LogP contribution is -2.41. The molecule has 0 fully saturated rings. The zero-order valence-electron chi connectivity index (χ0n) is 18.6. The van der Waals surface area contributed by atoms with Gasteiger partial charge in [-0.3, -0.25) is 9.78 Å². The van der Waals surface area contributed by atoms with Gasteiger partial charge in [0, 0.05) is 23.6 Å². The highest BCUT2D eigenvalue weighted by Crippen LogP contribution is 2.29. The zero-order chi connectivity index (χ0) is 24.1. The minimum atomic E-state index is -0.562. The van der Waals surface area contributed by atoms with Gasteiger partial charge in [0.2, 0.25) is 0 Å². The van der Waals surface area contributed by atoms with E-state index in [1.807, 2.05) is 6.92 Å². The Morgan fingerprint density at radius 3 is 2.65 bits per heavy atom. The van der Waals surface area contributed by atoms with Crippen molar-refractivity contribution in [3.63, 3.8) is 0 Å². The fourth-order valence-corrected chi connectivity index (χ4v) is 3.42. The van der Waals surface area contributed by atoms with Gasteiger partial charge >= 0.3 is 6.09 Å². The molecule has 3 aromatic rings. The van der Waals surface area contributed by atoms with Crippen LogP contribution in [0.15, 0.2) is 66.2 Å². The molecule has 174 valence electrons. The molecule has 0 saturated carbocycles. The Kier molecular flexibility index (Phi) is 6.67. The van der Waals surface area contributed by atoms with E-state index < -0.39 is 12.2 Å². The second-order valence-electron chi connectivity index (χ2n) is 7.45. The summed E-state index contributed by atoms with van der Waals surface area (Å²) < 4.78 is 10.7. The molecule has 1 aliphatic rings. The number of phenolic OH excluding ortho intramolecular Hbond substituents is 1. The van der Waals surface area contributed by atoms with Crippen LogP contribution in [0.2, 0.25) is 0 Å². The highest BCUT2D eigenvalue weighted by Gasteiger charge is 2.31. The Morgan fingerprint density at radius 1 is 1.21 bits per heavy atom. The van der Waals surface area contributed by atoms with E-state index in [0.29, 0.717) is 29.1 Å². The van der Waals surface area contributed by atoms with Crippen molar-refractivity contribution in [2.75, 3.05) is 12.4 Å². The van der Waals surface area contributed by atoms with E-state index >= 15 is 0 Å². The molecule has 0 radical (unpaired) electrons. The lowest BCUT2D eigenvalue weighted by atomic mass is 10.0. The average Bonchev–Trinajstić information content (AvgIpc) is 2.86. The summed E-state index contributed by atoms with van der Waals surface area (Å²) in [5.41, 5.74) is 2.73. The van der Waals surface area contributed by atoms with Gasteiger partial charge in [-0.15, -0.1) is 0 Å². The number of carbonyl (C=O) groups excluding carboxylic acids is 2. The van der Waals surface area contributed by atoms with Gasteiger partial charge in [-0.05, 0) is 42.3 Å². The number of methoxy groups -OCH3 is 1. The number of ether oxygens (including phenoxy) is 2. The van der Waals surface area contributed by atoms with Crippen LogP contribution in [0.1, 0.15) is 35.0 Å². The Bertz CT molecular complexity index is 1210. The number of phenols is 1. The summed E-state index contributed by atoms with van der Waals surface area (Å²) in [5, 5.41) is 18.7. The summed E-state index contributed by atoms with van der Waals surface area (Å²) >= 11 is 0. The standard InChI is InChI=1S/C24H23N5O5/c1-3-20-22(16-6-9-21(33-2)19(30)12-16)28-29(24(32)34-20)14-15-4-7-17(8-5-15)27-23(31)18-13-25-10-11-26-18/h4-13,20,30H,3,14H2,1-2H3,(H,27,31). The first-order chi connectivity index (χ1) is 16.5. The fraction of sp³-hybridized carbons (Fsp3) is 0.208. The highest BCUT2D eigenvalue weighted by atomic mass is 16.6. The lowest BCUT2D eigenvalue weighted by molar-refractivity contribution is 0.0712. The van der Waals surface area contributed by atoms with E-state index in [9.17, 15) is 14.7 Å². The van der Waals surface area contributed by atoms with Crippen LogP contribution in [0.25, 0.3) is 0 Å². The molecule has 1 atom stereocenters. The minimum Gasteiger partial charge on any atom is -0.504 e. The number of hydrogen-bond acceptors (Lipinski definition) is 8. The number of aromatic nitrogens is 2. The average molecular weight is 461 g/mol. The predicted octanol–water partition coefficient (Wildman–Crippen LogP) is 3.58. The Hall–Kier alpha value is -4.47. The van der Waals surface area contributed by atoms with Gasteiger partial charge in [0.15, 0.2) is 11.5 Å². The normalized spacial score (nSPS) is 15.4. The molecule has 4 rings (SSSR count). The molecule has 0 saturated heterocycles. The zero-order valence-corrected chi connectivity index (χ0v) is 18.6. The first-order valence-corrected chi connectivity index (χ1v) is 10.6. The van der Waals surface area contributed by atoms with Gasteiger partial charge in [0.25, 0.3) is 5.91 Å². The number of carbonyl (C=O) groups is 2. The molecule has 2 N–H and O–H groups in total. The molecule has 1 aromatic heterocycles. The van der Waals surface area contributed by atoms with E-state index in [1.54, 1.807) is 36.4 Å². The highest BCUT2D eigenvalue weighted by molar-refractivity contribution is 6.06. The maximum Gasteiger partial charge on any atom is 0.431 e. The number of hydrazone groups is 1. The van der Waals surface area contributed by atoms with Crippen LogP contribution in [0.4, 0.5) is 10.5 Å². The number of benzene rings is 2. The molecule has 10 nitrogen and oxygen atoms in total. The number of aromatic hydroxyl groups is 1. The van der Waals surface area contributed by atoms with Crippen molar-refractivity contribution in [3.8, 4) is 11.5 Å². The van der Waals surface area contributed by atoms with Crippen molar-refractivity contribution in [2.24, 2.45) is 5.10 Å². The first kappa shape index (κ1) is 22.7. The Morgan fingerprint density at radius 2 is 2.00 bits per heavy atom. The van der Waals surface area contributed by atoms with Gasteiger partial charge in [-0.1, -0.05) is 19.1 Å². The van der Waals surface area contributed by atoms with Crippen LogP contribution < -0.4 is 10.1 Å². The Labute approximate surface area is 195 Å². The fourth-order valence-electron chi connectivity index (χ4n) is 3.42. The molecule has 2 aromatic carbocycles. The number of rotatable bonds is 7. The number of anilines is 1. The first-order valence-electron chi connectivity index (χ1n) is 10.6. The quantitative estimate of drug-likeness (QED) is 0.551. The maximum absolute atomic E-state index is 12.5.